The van der Waals surface area contributed by atoms with E-state index in [1.54, 1.807) is 18.2 Å². The van der Waals surface area contributed by atoms with Gasteiger partial charge in [-0.3, -0.25) is 4.79 Å². The molecule has 0 aliphatic carbocycles. The van der Waals surface area contributed by atoms with Crippen LogP contribution in [0.4, 0.5) is 4.39 Å². The summed E-state index contributed by atoms with van der Waals surface area (Å²) < 4.78 is 13.3. The molecular formula is C13H19FN2OS. The van der Waals surface area contributed by atoms with Crippen molar-refractivity contribution in [2.24, 2.45) is 5.73 Å². The number of nitrogens with two attached hydrogens (primary N) is 1. The van der Waals surface area contributed by atoms with Crippen LogP contribution in [0.2, 0.25) is 0 Å². The molecule has 0 aromatic heterocycles. The highest BCUT2D eigenvalue weighted by molar-refractivity contribution is 7.99. The summed E-state index contributed by atoms with van der Waals surface area (Å²) in [6.07, 6.45) is 1.55. The molecule has 0 radical (unpaired) electrons. The molecule has 1 unspecified atom stereocenters. The van der Waals surface area contributed by atoms with Crippen LogP contribution < -0.4 is 11.1 Å². The summed E-state index contributed by atoms with van der Waals surface area (Å²) in [6.45, 7) is 2.79. The first-order valence-corrected chi connectivity index (χ1v) is 7.03. The highest BCUT2D eigenvalue weighted by Gasteiger charge is 2.14. The van der Waals surface area contributed by atoms with Crippen LogP contribution in [0.25, 0.3) is 0 Å². The Morgan fingerprint density at radius 1 is 1.50 bits per heavy atom. The lowest BCUT2D eigenvalue weighted by molar-refractivity contribution is -0.120. The topological polar surface area (TPSA) is 55.1 Å². The number of nitrogens with one attached hydrogen (secondary N) is 1. The fourth-order valence-electron chi connectivity index (χ4n) is 1.51. The number of rotatable bonds is 8. The minimum Gasteiger partial charge on any atom is -0.368 e. The highest BCUT2D eigenvalue weighted by atomic mass is 32.2. The van der Waals surface area contributed by atoms with Crippen LogP contribution in [0.1, 0.15) is 19.8 Å². The highest BCUT2D eigenvalue weighted by Crippen LogP contribution is 2.22. The zero-order valence-electron chi connectivity index (χ0n) is 10.5. The van der Waals surface area contributed by atoms with E-state index in [4.69, 9.17) is 5.73 Å². The fraction of sp³-hybridized carbons (Fsp3) is 0.462. The molecule has 5 heteroatoms. The standard InChI is InChI=1S/C13H19FN2OS/c1-2-8-16-11(13(15)17)7-9-18-12-6-4-3-5-10(12)14/h3-6,11,16H,2,7-9H2,1H3,(H2,15,17). The minimum absolute atomic E-state index is 0.223. The zero-order chi connectivity index (χ0) is 13.4. The summed E-state index contributed by atoms with van der Waals surface area (Å²) in [4.78, 5) is 11.8. The number of carbonyl (C=O) groups excluding carboxylic acids is 1. The first-order chi connectivity index (χ1) is 8.65. The third-order valence-electron chi connectivity index (χ3n) is 2.48. The number of hydrogen-bond donors (Lipinski definition) is 2. The van der Waals surface area contributed by atoms with Crippen LogP contribution in [-0.2, 0) is 4.79 Å². The predicted molar refractivity (Wildman–Crippen MR) is 73.0 cm³/mol. The Kier molecular flexibility index (Phi) is 6.75. The number of hydrogen-bond acceptors (Lipinski definition) is 3. The lowest BCUT2D eigenvalue weighted by atomic mass is 10.2. The van der Waals surface area contributed by atoms with Crippen LogP contribution in [0, 0.1) is 5.82 Å². The maximum Gasteiger partial charge on any atom is 0.234 e. The SMILES string of the molecule is CCCNC(CCSc1ccccc1F)C(N)=O. The molecule has 1 atom stereocenters. The Morgan fingerprint density at radius 3 is 2.83 bits per heavy atom. The van der Waals surface area contributed by atoms with Gasteiger partial charge in [-0.15, -0.1) is 11.8 Å². The summed E-state index contributed by atoms with van der Waals surface area (Å²) in [5.74, 6) is 0.0860. The second kappa shape index (κ2) is 8.11. The van der Waals surface area contributed by atoms with E-state index < -0.39 is 0 Å². The van der Waals surface area contributed by atoms with Gasteiger partial charge in [-0.1, -0.05) is 19.1 Å². The summed E-state index contributed by atoms with van der Waals surface area (Å²) in [5.41, 5.74) is 5.30. The first-order valence-electron chi connectivity index (χ1n) is 6.05. The molecule has 0 spiro atoms. The Bertz CT molecular complexity index is 387. The molecule has 100 valence electrons. The van der Waals surface area contributed by atoms with Crippen molar-refractivity contribution >= 4 is 17.7 Å². The van der Waals surface area contributed by atoms with Crippen molar-refractivity contribution in [3.05, 3.63) is 30.1 Å². The van der Waals surface area contributed by atoms with Crippen molar-refractivity contribution in [3.63, 3.8) is 0 Å². The predicted octanol–water partition coefficient (Wildman–Crippen LogP) is 2.16. The lowest BCUT2D eigenvalue weighted by Crippen LogP contribution is -2.41. The number of thioether (sulfide) groups is 1. The van der Waals surface area contributed by atoms with Crippen molar-refractivity contribution in [2.75, 3.05) is 12.3 Å². The molecule has 0 fully saturated rings. The smallest absolute Gasteiger partial charge is 0.234 e. The molecule has 1 rings (SSSR count). The first kappa shape index (κ1) is 15.0. The van der Waals surface area contributed by atoms with E-state index in [1.165, 1.54) is 17.8 Å². The number of carbonyl (C=O) groups is 1. The van der Waals surface area contributed by atoms with Gasteiger partial charge in [0.25, 0.3) is 0 Å². The van der Waals surface area contributed by atoms with E-state index in [1.807, 2.05) is 6.92 Å². The monoisotopic (exact) mass is 270 g/mol. The van der Waals surface area contributed by atoms with Gasteiger partial charge in [0.2, 0.25) is 5.91 Å². The van der Waals surface area contributed by atoms with Crippen LogP contribution in [0.3, 0.4) is 0 Å². The molecule has 1 aromatic rings. The van der Waals surface area contributed by atoms with Gasteiger partial charge in [0.1, 0.15) is 5.82 Å². The van der Waals surface area contributed by atoms with Crippen LogP contribution in [0.15, 0.2) is 29.2 Å². The molecule has 3 N–H and O–H groups in total. The van der Waals surface area contributed by atoms with Gasteiger partial charge >= 0.3 is 0 Å². The zero-order valence-corrected chi connectivity index (χ0v) is 11.3. The maximum absolute atomic E-state index is 13.3. The Balaban J connectivity index is 2.39. The van der Waals surface area contributed by atoms with E-state index in [2.05, 4.69) is 5.32 Å². The number of benzene rings is 1. The molecule has 1 aromatic carbocycles. The van der Waals surface area contributed by atoms with Gasteiger partial charge in [-0.25, -0.2) is 4.39 Å². The van der Waals surface area contributed by atoms with Gasteiger partial charge < -0.3 is 11.1 Å². The van der Waals surface area contributed by atoms with Crippen LogP contribution in [-0.4, -0.2) is 24.2 Å². The quantitative estimate of drug-likeness (QED) is 0.712. The largest absolute Gasteiger partial charge is 0.368 e. The van der Waals surface area contributed by atoms with Crippen molar-refractivity contribution in [1.82, 2.24) is 5.32 Å². The van der Waals surface area contributed by atoms with Crippen molar-refractivity contribution in [1.29, 1.82) is 0 Å². The molecule has 0 saturated heterocycles. The van der Waals surface area contributed by atoms with Gasteiger partial charge in [-0.2, -0.15) is 0 Å². The second-order valence-corrected chi connectivity index (χ2v) is 5.11. The summed E-state index contributed by atoms with van der Waals surface area (Å²) in [7, 11) is 0. The normalized spacial score (nSPS) is 12.3. The summed E-state index contributed by atoms with van der Waals surface area (Å²) in [6, 6.07) is 6.30. The number of halogens is 1. The van der Waals surface area contributed by atoms with Crippen molar-refractivity contribution < 1.29 is 9.18 Å². The molecule has 3 nitrogen and oxygen atoms in total. The third kappa shape index (κ3) is 5.06. The minimum atomic E-state index is -0.349. The molecule has 0 aliphatic rings. The van der Waals surface area contributed by atoms with Gasteiger partial charge in [0.05, 0.1) is 6.04 Å². The van der Waals surface area contributed by atoms with Gasteiger partial charge in [-0.05, 0) is 31.5 Å². The lowest BCUT2D eigenvalue weighted by Gasteiger charge is -2.14. The Labute approximate surface area is 111 Å². The second-order valence-electron chi connectivity index (χ2n) is 3.98. The summed E-state index contributed by atoms with van der Waals surface area (Å²) >= 11 is 1.40. The van der Waals surface area contributed by atoms with E-state index in [9.17, 15) is 9.18 Å². The average molecular weight is 270 g/mol. The number of amides is 1. The molecule has 0 saturated carbocycles. The van der Waals surface area contributed by atoms with E-state index >= 15 is 0 Å². The maximum atomic E-state index is 13.3. The Morgan fingerprint density at radius 2 is 2.22 bits per heavy atom. The van der Waals surface area contributed by atoms with Crippen molar-refractivity contribution in [2.45, 2.75) is 30.7 Å². The van der Waals surface area contributed by atoms with E-state index in [-0.39, 0.29) is 17.8 Å². The van der Waals surface area contributed by atoms with Crippen molar-refractivity contribution in [3.8, 4) is 0 Å². The molecule has 0 heterocycles. The summed E-state index contributed by atoms with van der Waals surface area (Å²) in [5, 5.41) is 3.09. The average Bonchev–Trinajstić information content (AvgIpc) is 2.35. The van der Waals surface area contributed by atoms with Gasteiger partial charge in [0.15, 0.2) is 0 Å². The molecule has 18 heavy (non-hydrogen) atoms. The molecular weight excluding hydrogens is 251 g/mol. The molecule has 0 bridgehead atoms. The Hall–Kier alpha value is -1.07. The molecule has 1 amide bonds. The molecule has 0 aliphatic heterocycles. The van der Waals surface area contributed by atoms with Gasteiger partial charge in [0, 0.05) is 10.6 Å². The third-order valence-corrected chi connectivity index (χ3v) is 3.57. The van der Waals surface area contributed by atoms with Crippen LogP contribution in [0.5, 0.6) is 0 Å². The van der Waals surface area contributed by atoms with E-state index in [0.717, 1.165) is 13.0 Å². The fourth-order valence-corrected chi connectivity index (χ4v) is 2.47. The van der Waals surface area contributed by atoms with E-state index in [0.29, 0.717) is 17.1 Å². The van der Waals surface area contributed by atoms with Crippen LogP contribution >= 0.6 is 11.8 Å². The number of primary amides is 1.